The van der Waals surface area contributed by atoms with E-state index in [0.717, 1.165) is 0 Å². The highest BCUT2D eigenvalue weighted by molar-refractivity contribution is 5.81. The molecule has 0 spiro atoms. The van der Waals surface area contributed by atoms with E-state index in [1.807, 2.05) is 0 Å². The van der Waals surface area contributed by atoms with Gasteiger partial charge in [0.05, 0.1) is 24.9 Å². The molecule has 0 bridgehead atoms. The van der Waals surface area contributed by atoms with E-state index in [0.29, 0.717) is 0 Å². The van der Waals surface area contributed by atoms with Crippen molar-refractivity contribution in [2.75, 3.05) is 47.3 Å². The minimum Gasteiger partial charge on any atom is -0.481 e. The Kier molecular flexibility index (Phi) is 21.8. The molecule has 0 fully saturated rings. The summed E-state index contributed by atoms with van der Waals surface area (Å²) >= 11 is 0. The molecular weight excluding hydrogens is 588 g/mol. The second-order valence-electron chi connectivity index (χ2n) is 9.73. The number of aliphatic hydroxyl groups excluding tert-OH is 4. The molecule has 20 heteroatoms. The number of aliphatic carboxylic acids is 4. The maximum Gasteiger partial charge on any atom is 0.321 e. The van der Waals surface area contributed by atoms with Crippen LogP contribution in [0.3, 0.4) is 0 Å². The molecule has 0 rings (SSSR count). The van der Waals surface area contributed by atoms with Crippen molar-refractivity contribution in [3.63, 3.8) is 0 Å². The fourth-order valence-electron chi connectivity index (χ4n) is 3.73. The maximum atomic E-state index is 11.0. The summed E-state index contributed by atoms with van der Waals surface area (Å²) in [5.74, 6) is -5.06. The summed E-state index contributed by atoms with van der Waals surface area (Å²) in [4.78, 5) is 47.2. The van der Waals surface area contributed by atoms with Crippen molar-refractivity contribution in [3.05, 3.63) is 0 Å². The van der Waals surface area contributed by atoms with Crippen molar-refractivity contribution in [1.29, 1.82) is 0 Å². The molecule has 0 aromatic heterocycles. The van der Waals surface area contributed by atoms with Crippen molar-refractivity contribution >= 4 is 23.9 Å². The molecule has 0 amide bonds. The van der Waals surface area contributed by atoms with Gasteiger partial charge in [0.25, 0.3) is 0 Å². The van der Waals surface area contributed by atoms with Gasteiger partial charge < -0.3 is 66.6 Å². The molecule has 0 aliphatic carbocycles. The minimum absolute atomic E-state index is 0.0749. The average molecular weight is 635 g/mol. The molecule has 0 aromatic carbocycles. The highest BCUT2D eigenvalue weighted by Gasteiger charge is 2.28. The van der Waals surface area contributed by atoms with Crippen LogP contribution in [0.15, 0.2) is 0 Å². The molecule has 0 aliphatic rings. The van der Waals surface area contributed by atoms with Gasteiger partial charge in [0.2, 0.25) is 0 Å². The normalized spacial score (nSPS) is 14.7. The van der Waals surface area contributed by atoms with Crippen molar-refractivity contribution in [3.8, 4) is 0 Å². The number of nitrogens with zero attached hydrogens (tertiary/aromatic N) is 3. The van der Waals surface area contributed by atoms with Gasteiger partial charge in [-0.2, -0.15) is 0 Å². The molecule has 0 saturated carbocycles. The van der Waals surface area contributed by atoms with Crippen LogP contribution in [0, 0.1) is 0 Å². The van der Waals surface area contributed by atoms with E-state index >= 15 is 0 Å². The Labute approximate surface area is 247 Å². The summed E-state index contributed by atoms with van der Waals surface area (Å²) in [6.45, 7) is 0.546. The van der Waals surface area contributed by atoms with E-state index in [9.17, 15) is 29.4 Å². The first-order valence-electron chi connectivity index (χ1n) is 12.9. The molecule has 43 heavy (non-hydrogen) atoms. The molecule has 0 aromatic rings. The average Bonchev–Trinajstić information content (AvgIpc) is 2.85. The summed E-state index contributed by atoms with van der Waals surface area (Å²) in [7, 11) is 4.44. The zero-order valence-corrected chi connectivity index (χ0v) is 24.1. The minimum atomic E-state index is -1.80. The third-order valence-electron chi connectivity index (χ3n) is 6.25. The van der Waals surface area contributed by atoms with Crippen molar-refractivity contribution in [2.45, 2.75) is 75.0 Å². The van der Waals surface area contributed by atoms with Crippen LogP contribution >= 0.6 is 0 Å². The van der Waals surface area contributed by atoms with E-state index in [1.54, 1.807) is 0 Å². The predicted octanol–water partition coefficient (Wildman–Crippen LogP) is -6.03. The van der Waals surface area contributed by atoms with Gasteiger partial charge in [-0.25, -0.2) is 0 Å². The van der Waals surface area contributed by atoms with E-state index in [1.165, 1.54) is 35.8 Å². The Morgan fingerprint density at radius 2 is 0.977 bits per heavy atom. The van der Waals surface area contributed by atoms with Gasteiger partial charge in [0, 0.05) is 39.0 Å². The van der Waals surface area contributed by atoms with Crippen LogP contribution in [-0.2, 0) is 19.2 Å². The van der Waals surface area contributed by atoms with Crippen LogP contribution in [0.25, 0.3) is 0 Å². The zero-order valence-electron chi connectivity index (χ0n) is 24.1. The van der Waals surface area contributed by atoms with Gasteiger partial charge in [-0.05, 0) is 21.1 Å². The highest BCUT2D eigenvalue weighted by atomic mass is 16.5. The quantitative estimate of drug-likeness (QED) is 0.0493. The molecule has 0 saturated heterocycles. The number of carboxylic acids is 4. The summed E-state index contributed by atoms with van der Waals surface area (Å²) in [5, 5.41) is 110. The van der Waals surface area contributed by atoms with Crippen molar-refractivity contribution < 1.29 is 80.5 Å². The largest absolute Gasteiger partial charge is 0.481 e. The Balaban J connectivity index is 0. The predicted molar refractivity (Wildman–Crippen MR) is 143 cm³/mol. The smallest absolute Gasteiger partial charge is 0.321 e. The van der Waals surface area contributed by atoms with Gasteiger partial charge in [0.15, 0.2) is 25.2 Å². The van der Waals surface area contributed by atoms with Crippen LogP contribution in [-0.4, -0.2) is 197 Å². The number of aliphatic hydroxyl groups is 8. The third kappa shape index (κ3) is 20.1. The molecule has 20 nitrogen and oxygen atoms in total. The SMILES string of the molecule is CN(CCN(C)C(CC(O)O)C(O)O)C(CC(=O)O)C(=O)O.CN(CCNC(CC(=O)O)C(=O)O)C(CC(O)O)C(O)O. The Hall–Kier alpha value is -2.60. The van der Waals surface area contributed by atoms with Crippen molar-refractivity contribution in [1.82, 2.24) is 20.0 Å². The molecule has 0 heterocycles. The van der Waals surface area contributed by atoms with Crippen LogP contribution in [0.4, 0.5) is 0 Å². The lowest BCUT2D eigenvalue weighted by atomic mass is 10.1. The number of rotatable bonds is 22. The van der Waals surface area contributed by atoms with E-state index < -0.39 is 86.0 Å². The molecular formula is C23H46N4O16. The highest BCUT2D eigenvalue weighted by Crippen LogP contribution is 2.10. The molecule has 0 radical (unpaired) electrons. The summed E-state index contributed by atoms with van der Waals surface area (Å²) < 4.78 is 0. The lowest BCUT2D eigenvalue weighted by Crippen LogP contribution is -2.48. The molecule has 4 atom stereocenters. The van der Waals surface area contributed by atoms with E-state index in [2.05, 4.69) is 5.32 Å². The monoisotopic (exact) mass is 634 g/mol. The van der Waals surface area contributed by atoms with Gasteiger partial charge >= 0.3 is 23.9 Å². The first kappa shape index (κ1) is 42.5. The lowest BCUT2D eigenvalue weighted by Gasteiger charge is -2.32. The number of nitrogens with one attached hydrogen (secondary N) is 1. The molecule has 254 valence electrons. The number of carboxylic acid groups (broad SMARTS) is 4. The Bertz CT molecular complexity index is 831. The fourth-order valence-corrected chi connectivity index (χ4v) is 3.73. The first-order valence-corrected chi connectivity index (χ1v) is 12.9. The lowest BCUT2D eigenvalue weighted by molar-refractivity contribution is -0.149. The fraction of sp³-hybridized carbons (Fsp3) is 0.826. The Morgan fingerprint density at radius 3 is 1.30 bits per heavy atom. The number of likely N-dealkylation sites (N-methyl/N-ethyl adjacent to an activating group) is 3. The second kappa shape index (κ2) is 22.0. The third-order valence-corrected chi connectivity index (χ3v) is 6.25. The van der Waals surface area contributed by atoms with Gasteiger partial charge in [0.1, 0.15) is 12.1 Å². The summed E-state index contributed by atoms with van der Waals surface area (Å²) in [6.07, 6.45) is -8.77. The van der Waals surface area contributed by atoms with E-state index in [-0.39, 0.29) is 39.0 Å². The number of carbonyl (C=O) groups is 4. The summed E-state index contributed by atoms with van der Waals surface area (Å²) in [6, 6.07) is -4.35. The number of hydrogen-bond acceptors (Lipinski definition) is 16. The molecule has 0 aliphatic heterocycles. The standard InChI is InChI=1S/C12H24N2O8.C11H22N2O8/c1-13(7(11(19)20)5-9(15)16)3-4-14(2)8(12(21)22)6-10(17)18;1-13(7(11(20)21)5-9(16)17)3-2-12-6(10(18)19)4-8(14)15/h7-9,11,15-16,19-20H,3-6H2,1-2H3,(H,17,18)(H,21,22);6-7,9,11-12,16-17,20-21H,2-5H2,1H3,(H,14,15)(H,18,19). The summed E-state index contributed by atoms with van der Waals surface area (Å²) in [5.41, 5.74) is 0. The topological polar surface area (TPSA) is 333 Å². The first-order chi connectivity index (χ1) is 19.7. The Morgan fingerprint density at radius 1 is 0.581 bits per heavy atom. The van der Waals surface area contributed by atoms with Gasteiger partial charge in [-0.15, -0.1) is 0 Å². The molecule has 4 unspecified atom stereocenters. The van der Waals surface area contributed by atoms with E-state index in [4.69, 9.17) is 51.1 Å². The van der Waals surface area contributed by atoms with Crippen LogP contribution in [0.2, 0.25) is 0 Å². The van der Waals surface area contributed by atoms with Crippen LogP contribution in [0.1, 0.15) is 25.7 Å². The van der Waals surface area contributed by atoms with Crippen LogP contribution < -0.4 is 5.32 Å². The molecule has 13 N–H and O–H groups in total. The number of hydrogen-bond donors (Lipinski definition) is 13. The van der Waals surface area contributed by atoms with Gasteiger partial charge in [-0.1, -0.05) is 0 Å². The van der Waals surface area contributed by atoms with Crippen LogP contribution in [0.5, 0.6) is 0 Å². The zero-order chi connectivity index (χ0) is 34.0. The second-order valence-corrected chi connectivity index (χ2v) is 9.73. The maximum absolute atomic E-state index is 11.0. The van der Waals surface area contributed by atoms with Gasteiger partial charge in [-0.3, -0.25) is 33.9 Å². The van der Waals surface area contributed by atoms with Crippen molar-refractivity contribution in [2.24, 2.45) is 0 Å².